The zero-order valence-electron chi connectivity index (χ0n) is 11.3. The molecule has 0 radical (unpaired) electrons. The molecule has 0 aliphatic carbocycles. The van der Waals surface area contributed by atoms with E-state index in [9.17, 15) is 0 Å². The molecule has 6 nitrogen and oxygen atoms in total. The Morgan fingerprint density at radius 1 is 1.38 bits per heavy atom. The highest BCUT2D eigenvalue weighted by atomic mass is 35.5. The van der Waals surface area contributed by atoms with Gasteiger partial charge in [0.05, 0.1) is 19.1 Å². The number of H-pyrrole nitrogens is 1. The highest BCUT2D eigenvalue weighted by molar-refractivity contribution is 6.30. The Bertz CT molecular complexity index is 576. The number of benzene rings is 1. The SMILES string of the molecule is OCCC1COC(Cc2nc[nH]n2)(c2ccc(Cl)cc2)O1. The third kappa shape index (κ3) is 3.08. The fourth-order valence-corrected chi connectivity index (χ4v) is 2.56. The topological polar surface area (TPSA) is 80.3 Å². The summed E-state index contributed by atoms with van der Waals surface area (Å²) in [5.41, 5.74) is 0.858. The Kier molecular flexibility index (Phi) is 4.21. The van der Waals surface area contributed by atoms with Crippen molar-refractivity contribution in [2.75, 3.05) is 13.2 Å². The predicted octanol–water partition coefficient (Wildman–Crippen LogP) is 1.65. The lowest BCUT2D eigenvalue weighted by Crippen LogP contribution is -2.31. The van der Waals surface area contributed by atoms with E-state index in [-0.39, 0.29) is 12.7 Å². The average Bonchev–Trinajstić information content (AvgIpc) is 3.11. The molecule has 2 atom stereocenters. The molecule has 1 aromatic heterocycles. The second kappa shape index (κ2) is 6.11. The lowest BCUT2D eigenvalue weighted by Gasteiger charge is -2.27. The molecule has 1 aliphatic rings. The third-order valence-corrected chi connectivity index (χ3v) is 3.70. The zero-order chi connectivity index (χ0) is 14.7. The molecule has 2 heterocycles. The van der Waals surface area contributed by atoms with E-state index in [2.05, 4.69) is 15.2 Å². The fraction of sp³-hybridized carbons (Fsp3) is 0.429. The van der Waals surface area contributed by atoms with Crippen molar-refractivity contribution in [3.8, 4) is 0 Å². The van der Waals surface area contributed by atoms with Crippen molar-refractivity contribution in [2.24, 2.45) is 0 Å². The van der Waals surface area contributed by atoms with E-state index in [0.717, 1.165) is 5.56 Å². The number of hydrogen-bond acceptors (Lipinski definition) is 5. The van der Waals surface area contributed by atoms with Crippen LogP contribution in [0.1, 0.15) is 17.8 Å². The Balaban J connectivity index is 1.89. The molecule has 2 N–H and O–H groups in total. The molecule has 0 saturated carbocycles. The standard InChI is InChI=1S/C14H16ClN3O3/c15-11-3-1-10(2-4-11)14(7-13-16-9-17-18-13)20-8-12(21-14)5-6-19/h1-4,9,12,19H,5-8H2,(H,16,17,18). The number of halogens is 1. The van der Waals surface area contributed by atoms with Crippen molar-refractivity contribution < 1.29 is 14.6 Å². The summed E-state index contributed by atoms with van der Waals surface area (Å²) in [6.07, 6.45) is 2.29. The second-order valence-electron chi connectivity index (χ2n) is 4.92. The molecule has 1 saturated heterocycles. The number of aliphatic hydroxyl groups excluding tert-OH is 1. The van der Waals surface area contributed by atoms with E-state index in [1.54, 1.807) is 12.1 Å². The number of hydrogen-bond donors (Lipinski definition) is 2. The summed E-state index contributed by atoms with van der Waals surface area (Å²) in [6, 6.07) is 7.33. The van der Waals surface area contributed by atoms with Gasteiger partial charge in [0.1, 0.15) is 6.33 Å². The van der Waals surface area contributed by atoms with Crippen LogP contribution in [-0.2, 0) is 21.7 Å². The quantitative estimate of drug-likeness (QED) is 0.878. The minimum absolute atomic E-state index is 0.0609. The largest absolute Gasteiger partial charge is 0.396 e. The van der Waals surface area contributed by atoms with Crippen LogP contribution in [0.4, 0.5) is 0 Å². The first-order chi connectivity index (χ1) is 10.2. The first-order valence-electron chi connectivity index (χ1n) is 6.75. The van der Waals surface area contributed by atoms with E-state index in [4.69, 9.17) is 26.2 Å². The maximum absolute atomic E-state index is 9.08. The maximum atomic E-state index is 9.08. The summed E-state index contributed by atoms with van der Waals surface area (Å²) in [5.74, 6) is -0.332. The summed E-state index contributed by atoms with van der Waals surface area (Å²) in [7, 11) is 0. The Labute approximate surface area is 127 Å². The van der Waals surface area contributed by atoms with E-state index in [1.807, 2.05) is 12.1 Å². The Morgan fingerprint density at radius 2 is 2.19 bits per heavy atom. The zero-order valence-corrected chi connectivity index (χ0v) is 12.1. The first kappa shape index (κ1) is 14.5. The van der Waals surface area contributed by atoms with Crippen LogP contribution in [0.5, 0.6) is 0 Å². The summed E-state index contributed by atoms with van der Waals surface area (Å²) < 4.78 is 12.0. The van der Waals surface area contributed by atoms with Crippen LogP contribution in [0.25, 0.3) is 0 Å². The van der Waals surface area contributed by atoms with Gasteiger partial charge in [-0.2, -0.15) is 5.10 Å². The van der Waals surface area contributed by atoms with Gasteiger partial charge in [0.2, 0.25) is 5.79 Å². The number of aromatic amines is 1. The van der Waals surface area contributed by atoms with Crippen molar-refractivity contribution in [1.82, 2.24) is 15.2 Å². The van der Waals surface area contributed by atoms with Crippen LogP contribution >= 0.6 is 11.6 Å². The van der Waals surface area contributed by atoms with E-state index in [0.29, 0.717) is 30.3 Å². The van der Waals surface area contributed by atoms with E-state index >= 15 is 0 Å². The molecular formula is C14H16ClN3O3. The number of nitrogens with one attached hydrogen (secondary N) is 1. The van der Waals surface area contributed by atoms with Crippen LogP contribution in [0.2, 0.25) is 5.02 Å². The van der Waals surface area contributed by atoms with Crippen LogP contribution in [0.15, 0.2) is 30.6 Å². The normalized spacial score (nSPS) is 25.3. The van der Waals surface area contributed by atoms with E-state index in [1.165, 1.54) is 6.33 Å². The van der Waals surface area contributed by atoms with Gasteiger partial charge in [-0.25, -0.2) is 4.98 Å². The molecule has 1 aliphatic heterocycles. The monoisotopic (exact) mass is 309 g/mol. The molecule has 2 aromatic rings. The van der Waals surface area contributed by atoms with Crippen molar-refractivity contribution in [1.29, 1.82) is 0 Å². The molecule has 112 valence electrons. The first-order valence-corrected chi connectivity index (χ1v) is 7.13. The van der Waals surface area contributed by atoms with Gasteiger partial charge in [-0.3, -0.25) is 5.10 Å². The fourth-order valence-electron chi connectivity index (χ4n) is 2.43. The number of aliphatic hydroxyl groups is 1. The van der Waals surface area contributed by atoms with Gasteiger partial charge in [0, 0.05) is 17.2 Å². The van der Waals surface area contributed by atoms with Crippen LogP contribution in [-0.4, -0.2) is 39.6 Å². The molecule has 2 unspecified atom stereocenters. The molecule has 3 rings (SSSR count). The Hall–Kier alpha value is -1.47. The van der Waals surface area contributed by atoms with Crippen molar-refractivity contribution >= 4 is 11.6 Å². The molecule has 1 aromatic carbocycles. The summed E-state index contributed by atoms with van der Waals surface area (Å²) in [4.78, 5) is 4.14. The molecule has 1 fully saturated rings. The molecule has 0 spiro atoms. The summed E-state index contributed by atoms with van der Waals surface area (Å²) in [6.45, 7) is 0.485. The highest BCUT2D eigenvalue weighted by Crippen LogP contribution is 2.38. The third-order valence-electron chi connectivity index (χ3n) is 3.45. The Morgan fingerprint density at radius 3 is 2.86 bits per heavy atom. The van der Waals surface area contributed by atoms with Gasteiger partial charge >= 0.3 is 0 Å². The maximum Gasteiger partial charge on any atom is 0.202 e. The van der Waals surface area contributed by atoms with Gasteiger partial charge in [-0.05, 0) is 18.6 Å². The number of aromatic nitrogens is 3. The summed E-state index contributed by atoms with van der Waals surface area (Å²) >= 11 is 5.94. The van der Waals surface area contributed by atoms with Crippen LogP contribution in [0, 0.1) is 0 Å². The van der Waals surface area contributed by atoms with Gasteiger partial charge < -0.3 is 14.6 Å². The minimum atomic E-state index is -0.938. The minimum Gasteiger partial charge on any atom is -0.396 e. The van der Waals surface area contributed by atoms with Gasteiger partial charge in [0.25, 0.3) is 0 Å². The average molecular weight is 310 g/mol. The van der Waals surface area contributed by atoms with Gasteiger partial charge in [0.15, 0.2) is 5.82 Å². The molecular weight excluding hydrogens is 294 g/mol. The lowest BCUT2D eigenvalue weighted by molar-refractivity contribution is -0.178. The molecule has 0 amide bonds. The number of rotatable bonds is 5. The lowest BCUT2D eigenvalue weighted by atomic mass is 10.0. The smallest absolute Gasteiger partial charge is 0.202 e. The second-order valence-corrected chi connectivity index (χ2v) is 5.35. The highest BCUT2D eigenvalue weighted by Gasteiger charge is 2.44. The van der Waals surface area contributed by atoms with Crippen molar-refractivity contribution in [3.63, 3.8) is 0 Å². The number of nitrogens with zero attached hydrogens (tertiary/aromatic N) is 2. The van der Waals surface area contributed by atoms with Gasteiger partial charge in [-0.1, -0.05) is 23.7 Å². The number of ether oxygens (including phenoxy) is 2. The van der Waals surface area contributed by atoms with Crippen molar-refractivity contribution in [3.05, 3.63) is 47.0 Å². The van der Waals surface area contributed by atoms with Gasteiger partial charge in [-0.15, -0.1) is 0 Å². The van der Waals surface area contributed by atoms with Crippen molar-refractivity contribution in [2.45, 2.75) is 24.7 Å². The molecule has 21 heavy (non-hydrogen) atoms. The van der Waals surface area contributed by atoms with Crippen LogP contribution < -0.4 is 0 Å². The molecule has 7 heteroatoms. The van der Waals surface area contributed by atoms with Crippen LogP contribution in [0.3, 0.4) is 0 Å². The summed E-state index contributed by atoms with van der Waals surface area (Å²) in [5, 5.41) is 16.5. The predicted molar refractivity (Wildman–Crippen MR) is 75.7 cm³/mol. The molecule has 0 bridgehead atoms. The van der Waals surface area contributed by atoms with E-state index < -0.39 is 5.79 Å².